The second-order valence-corrected chi connectivity index (χ2v) is 9.25. The number of benzene rings is 1. The average Bonchev–Trinajstić information content (AvgIpc) is 3.22. The van der Waals surface area contributed by atoms with Crippen molar-refractivity contribution in [3.63, 3.8) is 0 Å². The van der Waals surface area contributed by atoms with Crippen LogP contribution in [0.3, 0.4) is 0 Å². The van der Waals surface area contributed by atoms with Gasteiger partial charge in [-0.25, -0.2) is 8.42 Å². The van der Waals surface area contributed by atoms with Crippen LogP contribution in [0, 0.1) is 5.92 Å². The number of carbonyl (C=O) groups is 2. The van der Waals surface area contributed by atoms with Gasteiger partial charge in [-0.1, -0.05) is 12.1 Å². The van der Waals surface area contributed by atoms with Gasteiger partial charge in [0, 0.05) is 38.5 Å². The predicted octanol–water partition coefficient (Wildman–Crippen LogP) is 1.13. The first-order valence-electron chi connectivity index (χ1n) is 9.54. The van der Waals surface area contributed by atoms with Gasteiger partial charge in [0.05, 0.1) is 4.90 Å². The van der Waals surface area contributed by atoms with Gasteiger partial charge in [-0.2, -0.15) is 4.31 Å². The van der Waals surface area contributed by atoms with Crippen molar-refractivity contribution in [2.24, 2.45) is 11.7 Å². The number of primary amides is 1. The largest absolute Gasteiger partial charge is 0.369 e. The highest BCUT2D eigenvalue weighted by Gasteiger charge is 2.27. The van der Waals surface area contributed by atoms with Crippen LogP contribution in [0.2, 0.25) is 0 Å². The van der Waals surface area contributed by atoms with E-state index >= 15 is 0 Å². The van der Waals surface area contributed by atoms with E-state index in [0.717, 1.165) is 18.4 Å². The van der Waals surface area contributed by atoms with E-state index in [1.54, 1.807) is 29.2 Å². The molecule has 7 nitrogen and oxygen atoms in total. The molecule has 8 heteroatoms. The molecule has 2 heterocycles. The molecule has 0 bridgehead atoms. The Morgan fingerprint density at radius 3 is 2.15 bits per heavy atom. The number of amides is 2. The van der Waals surface area contributed by atoms with Crippen molar-refractivity contribution in [3.8, 4) is 0 Å². The number of hydrogen-bond acceptors (Lipinski definition) is 4. The highest BCUT2D eigenvalue weighted by atomic mass is 32.2. The number of carbonyl (C=O) groups excluding carboxylic acids is 2. The Hall–Kier alpha value is -1.93. The SMILES string of the molecule is NC(=O)C1CCN(C(=O)CCc2ccc(S(=O)(=O)N3CCCC3)cc2)CC1. The lowest BCUT2D eigenvalue weighted by atomic mass is 9.96. The Balaban J connectivity index is 1.51. The van der Waals surface area contributed by atoms with E-state index in [4.69, 9.17) is 5.73 Å². The Kier molecular flexibility index (Phi) is 6.16. The van der Waals surface area contributed by atoms with Crippen molar-refractivity contribution in [3.05, 3.63) is 29.8 Å². The summed E-state index contributed by atoms with van der Waals surface area (Å²) in [5.74, 6) is -0.350. The highest BCUT2D eigenvalue weighted by Crippen LogP contribution is 2.22. The molecule has 27 heavy (non-hydrogen) atoms. The minimum absolute atomic E-state index is 0.0617. The molecule has 2 aliphatic heterocycles. The van der Waals surface area contributed by atoms with Crippen molar-refractivity contribution in [2.45, 2.75) is 43.4 Å². The second kappa shape index (κ2) is 8.39. The molecule has 0 unspecified atom stereocenters. The molecule has 2 N–H and O–H groups in total. The van der Waals surface area contributed by atoms with Gasteiger partial charge in [0.2, 0.25) is 21.8 Å². The molecular formula is C19H27N3O4S. The van der Waals surface area contributed by atoms with E-state index in [1.807, 2.05) is 0 Å². The molecule has 0 aliphatic carbocycles. The number of sulfonamides is 1. The molecular weight excluding hydrogens is 366 g/mol. The molecule has 1 aromatic carbocycles. The fourth-order valence-corrected chi connectivity index (χ4v) is 5.25. The third kappa shape index (κ3) is 4.68. The molecule has 0 spiro atoms. The first-order valence-corrected chi connectivity index (χ1v) is 11.0. The summed E-state index contributed by atoms with van der Waals surface area (Å²) in [6.45, 7) is 2.31. The molecule has 2 aliphatic rings. The highest BCUT2D eigenvalue weighted by molar-refractivity contribution is 7.89. The second-order valence-electron chi connectivity index (χ2n) is 7.31. The van der Waals surface area contributed by atoms with E-state index < -0.39 is 10.0 Å². The van der Waals surface area contributed by atoms with Crippen LogP contribution in [0.1, 0.15) is 37.7 Å². The van der Waals surface area contributed by atoms with Gasteiger partial charge in [-0.3, -0.25) is 9.59 Å². The molecule has 0 radical (unpaired) electrons. The molecule has 0 atom stereocenters. The zero-order valence-corrected chi connectivity index (χ0v) is 16.3. The van der Waals surface area contributed by atoms with Crippen LogP contribution in [0.4, 0.5) is 0 Å². The third-order valence-corrected chi connectivity index (χ3v) is 7.42. The average molecular weight is 394 g/mol. The van der Waals surface area contributed by atoms with Crippen LogP contribution in [-0.4, -0.2) is 55.6 Å². The van der Waals surface area contributed by atoms with Crippen LogP contribution < -0.4 is 5.73 Å². The van der Waals surface area contributed by atoms with E-state index in [9.17, 15) is 18.0 Å². The molecule has 0 aromatic heterocycles. The summed E-state index contributed by atoms with van der Waals surface area (Å²) in [7, 11) is -3.40. The minimum Gasteiger partial charge on any atom is -0.369 e. The van der Waals surface area contributed by atoms with E-state index in [0.29, 0.717) is 56.8 Å². The lowest BCUT2D eigenvalue weighted by molar-refractivity contribution is -0.134. The monoisotopic (exact) mass is 393 g/mol. The lowest BCUT2D eigenvalue weighted by Gasteiger charge is -2.30. The van der Waals surface area contributed by atoms with Crippen LogP contribution >= 0.6 is 0 Å². The van der Waals surface area contributed by atoms with Crippen molar-refractivity contribution >= 4 is 21.8 Å². The fraction of sp³-hybridized carbons (Fsp3) is 0.579. The quantitative estimate of drug-likeness (QED) is 0.783. The Morgan fingerprint density at radius 2 is 1.59 bits per heavy atom. The van der Waals surface area contributed by atoms with E-state index in [-0.39, 0.29) is 17.7 Å². The number of nitrogens with two attached hydrogens (primary N) is 1. The zero-order chi connectivity index (χ0) is 19.4. The summed E-state index contributed by atoms with van der Waals surface area (Å²) in [4.78, 5) is 25.6. The normalized spacial score (nSPS) is 19.3. The van der Waals surface area contributed by atoms with Gasteiger partial charge in [-0.05, 0) is 49.8 Å². The molecule has 148 valence electrons. The van der Waals surface area contributed by atoms with E-state index in [1.165, 1.54) is 4.31 Å². The fourth-order valence-electron chi connectivity index (χ4n) is 3.73. The van der Waals surface area contributed by atoms with Gasteiger partial charge < -0.3 is 10.6 Å². The molecule has 2 amide bonds. The molecule has 2 fully saturated rings. The summed E-state index contributed by atoms with van der Waals surface area (Å²) in [5, 5.41) is 0. The summed E-state index contributed by atoms with van der Waals surface area (Å²) < 4.78 is 26.6. The van der Waals surface area contributed by atoms with Gasteiger partial charge in [0.1, 0.15) is 0 Å². The van der Waals surface area contributed by atoms with Gasteiger partial charge in [0.15, 0.2) is 0 Å². The molecule has 3 rings (SSSR count). The Bertz CT molecular complexity index is 778. The summed E-state index contributed by atoms with van der Waals surface area (Å²) >= 11 is 0. The number of rotatable bonds is 6. The third-order valence-electron chi connectivity index (χ3n) is 5.50. The number of likely N-dealkylation sites (tertiary alicyclic amines) is 1. The standard InChI is InChI=1S/C19H27N3O4S/c20-19(24)16-9-13-21(14-10-16)18(23)8-5-15-3-6-17(7-4-15)27(25,26)22-11-1-2-12-22/h3-4,6-7,16H,1-2,5,8-14H2,(H2,20,24). The first-order chi connectivity index (χ1) is 12.9. The molecule has 1 aromatic rings. The predicted molar refractivity (Wildman–Crippen MR) is 101 cm³/mol. The maximum Gasteiger partial charge on any atom is 0.243 e. The van der Waals surface area contributed by atoms with Crippen LogP contribution in [0.5, 0.6) is 0 Å². The first kappa shape index (κ1) is 19.8. The van der Waals surface area contributed by atoms with Gasteiger partial charge >= 0.3 is 0 Å². The number of aryl methyl sites for hydroxylation is 1. The molecule has 2 saturated heterocycles. The minimum atomic E-state index is -3.40. The number of hydrogen-bond donors (Lipinski definition) is 1. The summed E-state index contributed by atoms with van der Waals surface area (Å²) in [5.41, 5.74) is 6.26. The van der Waals surface area contributed by atoms with Crippen molar-refractivity contribution in [1.29, 1.82) is 0 Å². The van der Waals surface area contributed by atoms with Crippen molar-refractivity contribution in [2.75, 3.05) is 26.2 Å². The van der Waals surface area contributed by atoms with Gasteiger partial charge in [-0.15, -0.1) is 0 Å². The van der Waals surface area contributed by atoms with Crippen molar-refractivity contribution in [1.82, 2.24) is 9.21 Å². The summed E-state index contributed by atoms with van der Waals surface area (Å²) in [6, 6.07) is 6.84. The number of nitrogens with zero attached hydrogens (tertiary/aromatic N) is 2. The van der Waals surface area contributed by atoms with Gasteiger partial charge in [0.25, 0.3) is 0 Å². The smallest absolute Gasteiger partial charge is 0.243 e. The molecule has 0 saturated carbocycles. The summed E-state index contributed by atoms with van der Waals surface area (Å²) in [6.07, 6.45) is 4.03. The maximum absolute atomic E-state index is 12.5. The lowest BCUT2D eigenvalue weighted by Crippen LogP contribution is -2.41. The topological polar surface area (TPSA) is 101 Å². The van der Waals surface area contributed by atoms with Crippen LogP contribution in [0.25, 0.3) is 0 Å². The number of piperidine rings is 1. The van der Waals surface area contributed by atoms with Crippen LogP contribution in [-0.2, 0) is 26.0 Å². The Labute approximate surface area is 160 Å². The van der Waals surface area contributed by atoms with E-state index in [2.05, 4.69) is 0 Å². The maximum atomic E-state index is 12.5. The zero-order valence-electron chi connectivity index (χ0n) is 15.5. The van der Waals surface area contributed by atoms with Crippen LogP contribution in [0.15, 0.2) is 29.2 Å². The van der Waals surface area contributed by atoms with Crippen molar-refractivity contribution < 1.29 is 18.0 Å². The Morgan fingerprint density at radius 1 is 1.00 bits per heavy atom.